The van der Waals surface area contributed by atoms with Gasteiger partial charge in [0.05, 0.1) is 17.7 Å². The molecule has 3 rings (SSSR count). The molecule has 142 valence electrons. The van der Waals surface area contributed by atoms with Crippen LogP contribution in [0.3, 0.4) is 0 Å². The molecule has 1 aromatic heterocycles. The molecule has 2 aromatic carbocycles. The smallest absolute Gasteiger partial charge is 0.156 e. The van der Waals surface area contributed by atoms with Gasteiger partial charge in [-0.15, -0.1) is 5.10 Å². The number of hydrogen-bond donors (Lipinski definition) is 0. The summed E-state index contributed by atoms with van der Waals surface area (Å²) in [4.78, 5) is 0. The van der Waals surface area contributed by atoms with E-state index in [4.69, 9.17) is 0 Å². The van der Waals surface area contributed by atoms with Gasteiger partial charge < -0.3 is 0 Å². The van der Waals surface area contributed by atoms with E-state index in [0.717, 1.165) is 26.9 Å². The van der Waals surface area contributed by atoms with Gasteiger partial charge in [0, 0.05) is 15.6 Å². The van der Waals surface area contributed by atoms with Gasteiger partial charge in [-0.2, -0.15) is 0 Å². The summed E-state index contributed by atoms with van der Waals surface area (Å²) in [5.41, 5.74) is 0.601. The summed E-state index contributed by atoms with van der Waals surface area (Å²) >= 11 is 3.35. The van der Waals surface area contributed by atoms with Crippen molar-refractivity contribution in [2.24, 2.45) is 0 Å². The van der Waals surface area contributed by atoms with E-state index in [9.17, 15) is 17.2 Å². The summed E-state index contributed by atoms with van der Waals surface area (Å²) in [6, 6.07) is 9.42. The van der Waals surface area contributed by atoms with Crippen LogP contribution in [-0.2, 0) is 15.6 Å². The van der Waals surface area contributed by atoms with Gasteiger partial charge in [-0.05, 0) is 24.6 Å². The lowest BCUT2D eigenvalue weighted by Gasteiger charge is -2.09. The van der Waals surface area contributed by atoms with Crippen LogP contribution >= 0.6 is 15.9 Å². The third-order valence-electron chi connectivity index (χ3n) is 3.88. The maximum absolute atomic E-state index is 14.9. The van der Waals surface area contributed by atoms with E-state index in [2.05, 4.69) is 26.2 Å². The first kappa shape index (κ1) is 19.6. The number of aromatic nitrogens is 3. The lowest BCUT2D eigenvalue weighted by molar-refractivity contribution is 0.547. The van der Waals surface area contributed by atoms with E-state index >= 15 is 0 Å². The molecule has 0 atom stereocenters. The second-order valence-electron chi connectivity index (χ2n) is 6.02. The summed E-state index contributed by atoms with van der Waals surface area (Å²) in [6.07, 6.45) is 1.82. The Labute approximate surface area is 164 Å². The molecular weight excluding hydrogens is 440 g/mol. The number of nitrogens with zero attached hydrogens (tertiary/aromatic N) is 3. The lowest BCUT2D eigenvalue weighted by Crippen LogP contribution is -2.12. The monoisotopic (exact) mass is 455 g/mol. The van der Waals surface area contributed by atoms with Crippen molar-refractivity contribution in [3.8, 4) is 16.9 Å². The van der Waals surface area contributed by atoms with Crippen LogP contribution in [0.2, 0.25) is 0 Å². The van der Waals surface area contributed by atoms with Crippen LogP contribution in [0.5, 0.6) is 0 Å². The van der Waals surface area contributed by atoms with E-state index in [1.807, 2.05) is 6.07 Å². The molecule has 0 bridgehead atoms. The van der Waals surface area contributed by atoms with Gasteiger partial charge in [0.15, 0.2) is 21.5 Å². The van der Waals surface area contributed by atoms with Crippen LogP contribution in [0.15, 0.2) is 47.1 Å². The van der Waals surface area contributed by atoms with E-state index in [0.29, 0.717) is 12.1 Å². The molecule has 0 aliphatic heterocycles. The highest BCUT2D eigenvalue weighted by atomic mass is 79.9. The third kappa shape index (κ3) is 4.41. The average molecular weight is 456 g/mol. The van der Waals surface area contributed by atoms with E-state index in [1.165, 1.54) is 6.20 Å². The molecule has 1 heterocycles. The van der Waals surface area contributed by atoms with Crippen LogP contribution in [0.25, 0.3) is 16.9 Å². The molecule has 0 aliphatic rings. The Morgan fingerprint density at radius 1 is 1.19 bits per heavy atom. The van der Waals surface area contributed by atoms with Crippen molar-refractivity contribution >= 4 is 25.8 Å². The molecule has 0 unspecified atom stereocenters. The molecule has 27 heavy (non-hydrogen) atoms. The van der Waals surface area contributed by atoms with Gasteiger partial charge in [0.1, 0.15) is 11.4 Å². The standard InChI is InChI=1S/C18H16BrF2N3O2S/c1-2-8-27(25,26)11-13-6-7-15(20)18(17(13)21)24-10-16(22-23-24)12-4-3-5-14(19)9-12/h3-7,9-10H,2,8,11H2,1H3. The predicted octanol–water partition coefficient (Wildman–Crippen LogP) is 4.30. The molecule has 5 nitrogen and oxygen atoms in total. The van der Waals surface area contributed by atoms with Crippen LogP contribution in [0.4, 0.5) is 8.78 Å². The molecule has 0 saturated heterocycles. The van der Waals surface area contributed by atoms with Gasteiger partial charge in [-0.3, -0.25) is 0 Å². The fourth-order valence-corrected chi connectivity index (χ4v) is 4.54. The topological polar surface area (TPSA) is 64.8 Å². The van der Waals surface area contributed by atoms with Crippen molar-refractivity contribution < 1.29 is 17.2 Å². The first-order chi connectivity index (χ1) is 12.8. The Kier molecular flexibility index (Phi) is 5.71. The van der Waals surface area contributed by atoms with Crippen molar-refractivity contribution in [3.63, 3.8) is 0 Å². The second kappa shape index (κ2) is 7.85. The van der Waals surface area contributed by atoms with Crippen molar-refractivity contribution in [3.05, 3.63) is 64.3 Å². The second-order valence-corrected chi connectivity index (χ2v) is 9.12. The Morgan fingerprint density at radius 2 is 1.96 bits per heavy atom. The fraction of sp³-hybridized carbons (Fsp3) is 0.222. The van der Waals surface area contributed by atoms with Gasteiger partial charge in [-0.1, -0.05) is 46.3 Å². The Hall–Kier alpha value is -2.13. The fourth-order valence-electron chi connectivity index (χ4n) is 2.68. The maximum Gasteiger partial charge on any atom is 0.156 e. The number of sulfone groups is 1. The molecule has 0 saturated carbocycles. The quantitative estimate of drug-likeness (QED) is 0.555. The van der Waals surface area contributed by atoms with Crippen LogP contribution in [-0.4, -0.2) is 29.2 Å². The molecular formula is C18H16BrF2N3O2S. The van der Waals surface area contributed by atoms with E-state index in [-0.39, 0.29) is 11.3 Å². The highest BCUT2D eigenvalue weighted by molar-refractivity contribution is 9.10. The molecule has 0 aliphatic carbocycles. The molecule has 9 heteroatoms. The zero-order chi connectivity index (χ0) is 19.6. The zero-order valence-electron chi connectivity index (χ0n) is 14.4. The molecule has 0 radical (unpaired) electrons. The molecule has 0 fully saturated rings. The highest BCUT2D eigenvalue weighted by Crippen LogP contribution is 2.25. The van der Waals surface area contributed by atoms with Crippen molar-refractivity contribution in [1.82, 2.24) is 15.0 Å². The highest BCUT2D eigenvalue weighted by Gasteiger charge is 2.21. The Bertz CT molecular complexity index is 1080. The van der Waals surface area contributed by atoms with Crippen LogP contribution in [0, 0.1) is 11.6 Å². The molecule has 3 aromatic rings. The minimum Gasteiger partial charge on any atom is -0.228 e. The predicted molar refractivity (Wildman–Crippen MR) is 102 cm³/mol. The molecule has 0 N–H and O–H groups in total. The van der Waals surface area contributed by atoms with Crippen molar-refractivity contribution in [2.45, 2.75) is 19.1 Å². The summed E-state index contributed by atoms with van der Waals surface area (Å²) in [6.45, 7) is 1.73. The SMILES string of the molecule is CCCS(=O)(=O)Cc1ccc(F)c(-n2cc(-c3cccc(Br)c3)nn2)c1F. The number of benzene rings is 2. The Balaban J connectivity index is 2.01. The zero-order valence-corrected chi connectivity index (χ0v) is 16.8. The first-order valence-electron chi connectivity index (χ1n) is 8.16. The normalized spacial score (nSPS) is 11.7. The van der Waals surface area contributed by atoms with Gasteiger partial charge in [0.25, 0.3) is 0 Å². The lowest BCUT2D eigenvalue weighted by atomic mass is 10.1. The molecule has 0 amide bonds. The molecule has 0 spiro atoms. The van der Waals surface area contributed by atoms with Gasteiger partial charge in [-0.25, -0.2) is 21.9 Å². The van der Waals surface area contributed by atoms with Crippen molar-refractivity contribution in [1.29, 1.82) is 0 Å². The third-order valence-corrected chi connectivity index (χ3v) is 6.15. The van der Waals surface area contributed by atoms with Crippen LogP contribution < -0.4 is 0 Å². The average Bonchev–Trinajstić information content (AvgIpc) is 3.07. The number of hydrogen-bond acceptors (Lipinski definition) is 4. The summed E-state index contributed by atoms with van der Waals surface area (Å²) in [5.74, 6) is -2.36. The van der Waals surface area contributed by atoms with E-state index in [1.54, 1.807) is 25.1 Å². The largest absolute Gasteiger partial charge is 0.228 e. The summed E-state index contributed by atoms with van der Waals surface area (Å²) < 4.78 is 55.0. The first-order valence-corrected chi connectivity index (χ1v) is 10.8. The van der Waals surface area contributed by atoms with Crippen LogP contribution in [0.1, 0.15) is 18.9 Å². The van der Waals surface area contributed by atoms with E-state index < -0.39 is 32.9 Å². The number of halogens is 3. The van der Waals surface area contributed by atoms with Crippen molar-refractivity contribution in [2.75, 3.05) is 5.75 Å². The van der Waals surface area contributed by atoms with Gasteiger partial charge >= 0.3 is 0 Å². The Morgan fingerprint density at radius 3 is 2.67 bits per heavy atom. The number of rotatable bonds is 6. The summed E-state index contributed by atoms with van der Waals surface area (Å²) in [7, 11) is -3.47. The minimum atomic E-state index is -3.47. The minimum absolute atomic E-state index is 0.0600. The van der Waals surface area contributed by atoms with Gasteiger partial charge in [0.2, 0.25) is 0 Å². The summed E-state index contributed by atoms with van der Waals surface area (Å²) in [5, 5.41) is 7.77. The maximum atomic E-state index is 14.9.